The smallest absolute Gasteiger partial charge is 0.279 e. The van der Waals surface area contributed by atoms with E-state index in [1.54, 1.807) is 0 Å². The Balaban J connectivity index is 0.00000261. The molecule has 0 saturated carbocycles. The topological polar surface area (TPSA) is 29.1 Å². The van der Waals surface area contributed by atoms with Crippen LogP contribution in [-0.4, -0.2) is 30.0 Å². The van der Waals surface area contributed by atoms with Crippen molar-refractivity contribution in [3.8, 4) is 0 Å². The quantitative estimate of drug-likeness (QED) is 0.694. The summed E-state index contributed by atoms with van der Waals surface area (Å²) in [4.78, 5) is 12.9. The van der Waals surface area contributed by atoms with E-state index in [9.17, 15) is 4.79 Å². The van der Waals surface area contributed by atoms with Gasteiger partial charge in [0.25, 0.3) is 5.91 Å². The van der Waals surface area contributed by atoms with Crippen LogP contribution in [0.5, 0.6) is 0 Å². The third-order valence-electron chi connectivity index (χ3n) is 5.34. The van der Waals surface area contributed by atoms with E-state index < -0.39 is 0 Å². The summed E-state index contributed by atoms with van der Waals surface area (Å²) in [6.45, 7) is 5.50. The minimum Gasteiger partial charge on any atom is -1.00 e. The average molecular weight is 452 g/mol. The molecule has 1 N–H and O–H groups in total. The Morgan fingerprint density at radius 3 is 2.30 bits per heavy atom. The molecule has 1 fully saturated rings. The number of aryl methyl sites for hydroxylation is 1. The van der Waals surface area contributed by atoms with E-state index in [2.05, 4.69) is 29.6 Å². The van der Waals surface area contributed by atoms with Gasteiger partial charge in [0.2, 0.25) is 0 Å². The Labute approximate surface area is 178 Å². The number of carbonyl (C=O) groups excluding carboxylic acids is 1. The molecule has 5 heteroatoms. The average Bonchev–Trinajstić information content (AvgIpc) is 2.85. The highest BCUT2D eigenvalue weighted by Crippen LogP contribution is 2.27. The molecule has 146 valence electrons. The number of likely N-dealkylation sites (tertiary alicyclic amines) is 1. The number of amides is 1. The molecule has 2 aromatic rings. The summed E-state index contributed by atoms with van der Waals surface area (Å²) >= 11 is 6.29. The van der Waals surface area contributed by atoms with Crippen LogP contribution >= 0.6 is 11.6 Å². The molecule has 0 spiro atoms. The molecule has 1 saturated heterocycles. The third-order valence-corrected chi connectivity index (χ3v) is 5.66. The van der Waals surface area contributed by atoms with Crippen LogP contribution in [0.15, 0.2) is 48.5 Å². The largest absolute Gasteiger partial charge is 1.00 e. The fraction of sp³-hybridized carbons (Fsp3) is 0.409. The zero-order chi connectivity index (χ0) is 18.4. The summed E-state index contributed by atoms with van der Waals surface area (Å²) in [5, 5.41) is 3.67. The van der Waals surface area contributed by atoms with E-state index in [0.29, 0.717) is 11.6 Å². The van der Waals surface area contributed by atoms with E-state index in [1.165, 1.54) is 31.2 Å². The first kappa shape index (κ1) is 21.9. The number of hydrogen-bond acceptors (Lipinski definition) is 1. The molecule has 0 atom stereocenters. The van der Waals surface area contributed by atoms with Crippen LogP contribution in [0.3, 0.4) is 0 Å². The van der Waals surface area contributed by atoms with Gasteiger partial charge in [0.1, 0.15) is 6.54 Å². The number of halogens is 2. The van der Waals surface area contributed by atoms with Crippen molar-refractivity contribution in [2.45, 2.75) is 39.2 Å². The highest BCUT2D eigenvalue weighted by Gasteiger charge is 2.32. The van der Waals surface area contributed by atoms with Crippen molar-refractivity contribution in [1.82, 2.24) is 0 Å². The van der Waals surface area contributed by atoms with Gasteiger partial charge in [-0.05, 0) is 44.2 Å². The molecule has 1 amide bonds. The highest BCUT2D eigenvalue weighted by molar-refractivity contribution is 6.33. The number of para-hydroxylation sites is 1. The number of nitrogens with zero attached hydrogens (tertiary/aromatic N) is 1. The number of carbonyl (C=O) groups is 1. The van der Waals surface area contributed by atoms with Crippen LogP contribution in [0.2, 0.25) is 5.02 Å². The molecule has 27 heavy (non-hydrogen) atoms. The lowest BCUT2D eigenvalue weighted by Crippen LogP contribution is -3.00. The van der Waals surface area contributed by atoms with Gasteiger partial charge in [-0.1, -0.05) is 54.1 Å². The van der Waals surface area contributed by atoms with E-state index in [4.69, 9.17) is 11.6 Å². The molecule has 0 radical (unpaired) electrons. The second-order valence-electron chi connectivity index (χ2n) is 7.48. The lowest BCUT2D eigenvalue weighted by atomic mass is 10.1. The molecule has 0 aliphatic carbocycles. The number of quaternary nitrogens is 1. The molecule has 0 aromatic heterocycles. The van der Waals surface area contributed by atoms with Crippen LogP contribution in [-0.2, 0) is 11.3 Å². The van der Waals surface area contributed by atoms with Crippen LogP contribution in [0.4, 0.5) is 5.69 Å². The van der Waals surface area contributed by atoms with E-state index in [0.717, 1.165) is 35.4 Å². The SMILES string of the molecule is Cc1cccc(Cl)c1NC(=O)C[N+]1(Cc2ccccc2)CCCCCC1.[Br-]. The monoisotopic (exact) mass is 450 g/mol. The Hall–Kier alpha value is -1.36. The van der Waals surface area contributed by atoms with Gasteiger partial charge in [0, 0.05) is 5.56 Å². The molecule has 1 aliphatic rings. The van der Waals surface area contributed by atoms with Gasteiger partial charge >= 0.3 is 0 Å². The maximum Gasteiger partial charge on any atom is 0.279 e. The van der Waals surface area contributed by atoms with Crippen LogP contribution < -0.4 is 22.3 Å². The first-order valence-corrected chi connectivity index (χ1v) is 9.90. The summed E-state index contributed by atoms with van der Waals surface area (Å²) in [5.41, 5.74) is 3.04. The lowest BCUT2D eigenvalue weighted by molar-refractivity contribution is -0.932. The summed E-state index contributed by atoms with van der Waals surface area (Å²) < 4.78 is 0.833. The number of nitrogens with one attached hydrogen (secondary N) is 1. The van der Waals surface area contributed by atoms with Crippen LogP contribution in [0, 0.1) is 6.92 Å². The van der Waals surface area contributed by atoms with E-state index in [-0.39, 0.29) is 22.9 Å². The summed E-state index contributed by atoms with van der Waals surface area (Å²) in [6.07, 6.45) is 4.90. The molecule has 1 aliphatic heterocycles. The zero-order valence-corrected chi connectivity index (χ0v) is 18.2. The predicted octanol–water partition coefficient (Wildman–Crippen LogP) is 2.18. The second-order valence-corrected chi connectivity index (χ2v) is 7.89. The third kappa shape index (κ3) is 6.06. The molecule has 1 heterocycles. The molecule has 2 aromatic carbocycles. The molecule has 0 bridgehead atoms. The lowest BCUT2D eigenvalue weighted by Gasteiger charge is -2.37. The number of hydrogen-bond donors (Lipinski definition) is 1. The predicted molar refractivity (Wildman–Crippen MR) is 108 cm³/mol. The first-order valence-electron chi connectivity index (χ1n) is 9.52. The fourth-order valence-electron chi connectivity index (χ4n) is 3.98. The molecule has 0 unspecified atom stereocenters. The summed E-state index contributed by atoms with van der Waals surface area (Å²) in [5.74, 6) is 0.0547. The van der Waals surface area contributed by atoms with Gasteiger partial charge in [-0.2, -0.15) is 0 Å². The van der Waals surface area contributed by atoms with Crippen LogP contribution in [0.25, 0.3) is 0 Å². The Morgan fingerprint density at radius 2 is 1.67 bits per heavy atom. The number of anilines is 1. The number of benzene rings is 2. The van der Waals surface area contributed by atoms with Gasteiger partial charge in [-0.25, -0.2) is 0 Å². The molecule has 3 nitrogen and oxygen atoms in total. The van der Waals surface area contributed by atoms with Crippen molar-refractivity contribution >= 4 is 23.2 Å². The highest BCUT2D eigenvalue weighted by atomic mass is 79.9. The van der Waals surface area contributed by atoms with Gasteiger partial charge < -0.3 is 26.8 Å². The van der Waals surface area contributed by atoms with Crippen molar-refractivity contribution < 1.29 is 26.3 Å². The van der Waals surface area contributed by atoms with Crippen molar-refractivity contribution in [3.05, 3.63) is 64.7 Å². The Morgan fingerprint density at radius 1 is 1.00 bits per heavy atom. The Kier molecular flexibility index (Phi) is 8.33. The van der Waals surface area contributed by atoms with E-state index in [1.807, 2.05) is 31.2 Å². The minimum atomic E-state index is 0. The normalized spacial score (nSPS) is 16.1. The van der Waals surface area contributed by atoms with Crippen molar-refractivity contribution in [2.24, 2.45) is 0 Å². The summed E-state index contributed by atoms with van der Waals surface area (Å²) in [7, 11) is 0. The second kappa shape index (κ2) is 10.3. The van der Waals surface area contributed by atoms with Gasteiger partial charge in [0.05, 0.1) is 23.8 Å². The van der Waals surface area contributed by atoms with Gasteiger partial charge in [-0.15, -0.1) is 0 Å². The maximum absolute atomic E-state index is 12.9. The van der Waals surface area contributed by atoms with E-state index >= 15 is 0 Å². The fourth-order valence-corrected chi connectivity index (χ4v) is 4.25. The standard InChI is InChI=1S/C22H27ClN2O.BrH/c1-18-10-9-13-20(23)22(18)24-21(26)17-25(14-7-2-3-8-15-25)16-19-11-5-4-6-12-19;/h4-6,9-13H,2-3,7-8,14-17H2,1H3;1H. The summed E-state index contributed by atoms with van der Waals surface area (Å²) in [6, 6.07) is 16.2. The minimum absolute atomic E-state index is 0. The van der Waals surface area contributed by atoms with Gasteiger partial charge in [0.15, 0.2) is 6.54 Å². The zero-order valence-electron chi connectivity index (χ0n) is 15.9. The Bertz CT molecular complexity index is 723. The first-order chi connectivity index (χ1) is 12.6. The van der Waals surface area contributed by atoms with Crippen LogP contribution in [0.1, 0.15) is 36.8 Å². The molecule has 3 rings (SSSR count). The number of rotatable bonds is 5. The van der Waals surface area contributed by atoms with Crippen molar-refractivity contribution in [2.75, 3.05) is 25.0 Å². The van der Waals surface area contributed by atoms with Crippen molar-refractivity contribution in [3.63, 3.8) is 0 Å². The molecular weight excluding hydrogens is 424 g/mol. The maximum atomic E-state index is 12.9. The van der Waals surface area contributed by atoms with Crippen molar-refractivity contribution in [1.29, 1.82) is 0 Å². The van der Waals surface area contributed by atoms with Gasteiger partial charge in [-0.3, -0.25) is 4.79 Å². The molecular formula is C22H28BrClN2O.